The van der Waals surface area contributed by atoms with Crippen LogP contribution in [0, 0.1) is 13.8 Å². The Hall–Kier alpha value is -1.92. The second-order valence-corrected chi connectivity index (χ2v) is 4.85. The molecule has 112 valence electrons. The van der Waals surface area contributed by atoms with Crippen LogP contribution in [0.5, 0.6) is 0 Å². The molecule has 0 spiro atoms. The molecule has 1 aromatic heterocycles. The predicted octanol–water partition coefficient (Wildman–Crippen LogP) is 3.27. The normalized spacial score (nSPS) is 13.2. The Morgan fingerprint density at radius 2 is 1.67 bits per heavy atom. The Labute approximate surface area is 121 Å². The molecule has 0 saturated heterocycles. The Morgan fingerprint density at radius 3 is 2.14 bits per heavy atom. The van der Waals surface area contributed by atoms with E-state index in [0.29, 0.717) is 5.56 Å². The topological polar surface area (TPSA) is 50.9 Å². The third-order valence-corrected chi connectivity index (χ3v) is 3.31. The fourth-order valence-corrected chi connectivity index (χ4v) is 2.23. The molecule has 2 rings (SSSR count). The molecule has 1 aromatic carbocycles. The number of nitrogens with one attached hydrogen (secondary N) is 1. The molecule has 0 aliphatic carbocycles. The van der Waals surface area contributed by atoms with Crippen LogP contribution >= 0.6 is 0 Å². The second kappa shape index (κ2) is 5.83. The molecule has 1 unspecified atom stereocenters. The molecule has 3 nitrogen and oxygen atoms in total. The predicted molar refractivity (Wildman–Crippen MR) is 74.3 cm³/mol. The Kier molecular flexibility index (Phi) is 4.29. The van der Waals surface area contributed by atoms with Crippen LogP contribution in [0.15, 0.2) is 36.4 Å². The molecule has 21 heavy (non-hydrogen) atoms. The summed E-state index contributed by atoms with van der Waals surface area (Å²) in [6, 6.07) is 8.27. The van der Waals surface area contributed by atoms with E-state index in [-0.39, 0.29) is 0 Å². The van der Waals surface area contributed by atoms with Crippen LogP contribution < -0.4 is 11.3 Å². The first kappa shape index (κ1) is 15.5. The van der Waals surface area contributed by atoms with Gasteiger partial charge in [0, 0.05) is 11.4 Å². The number of aromatic nitrogens is 1. The average molecular weight is 295 g/mol. The monoisotopic (exact) mass is 295 g/mol. The van der Waals surface area contributed by atoms with Crippen molar-refractivity contribution < 1.29 is 13.2 Å². The quantitative estimate of drug-likeness (QED) is 0.675. The zero-order chi connectivity index (χ0) is 15.6. The average Bonchev–Trinajstić information content (AvgIpc) is 2.41. The number of hydrogen-bond acceptors (Lipinski definition) is 3. The molecule has 0 aliphatic rings. The van der Waals surface area contributed by atoms with E-state index in [1.807, 2.05) is 26.0 Å². The highest BCUT2D eigenvalue weighted by Gasteiger charge is 2.30. The molecule has 6 heteroatoms. The van der Waals surface area contributed by atoms with Crippen molar-refractivity contribution in [2.24, 2.45) is 5.84 Å². The van der Waals surface area contributed by atoms with Crippen molar-refractivity contribution in [3.63, 3.8) is 0 Å². The highest BCUT2D eigenvalue weighted by molar-refractivity contribution is 5.36. The van der Waals surface area contributed by atoms with Crippen molar-refractivity contribution in [3.05, 3.63) is 64.5 Å². The van der Waals surface area contributed by atoms with Crippen molar-refractivity contribution in [2.45, 2.75) is 26.1 Å². The van der Waals surface area contributed by atoms with Gasteiger partial charge in [0.25, 0.3) is 0 Å². The molecule has 2 aromatic rings. The lowest BCUT2D eigenvalue weighted by atomic mass is 9.97. The van der Waals surface area contributed by atoms with E-state index < -0.39 is 17.8 Å². The highest BCUT2D eigenvalue weighted by Crippen LogP contribution is 2.31. The minimum atomic E-state index is -4.34. The number of aryl methyl sites for hydroxylation is 2. The summed E-state index contributed by atoms with van der Waals surface area (Å²) in [5, 5.41) is 0. The van der Waals surface area contributed by atoms with Crippen LogP contribution in [0.25, 0.3) is 0 Å². The van der Waals surface area contributed by atoms with Crippen LogP contribution in [0.3, 0.4) is 0 Å². The molecule has 1 atom stereocenters. The largest absolute Gasteiger partial charge is 0.416 e. The molecular weight excluding hydrogens is 279 g/mol. The fourth-order valence-electron chi connectivity index (χ4n) is 2.23. The lowest BCUT2D eigenvalue weighted by Crippen LogP contribution is -2.29. The smallest absolute Gasteiger partial charge is 0.271 e. The maximum atomic E-state index is 12.6. The van der Waals surface area contributed by atoms with Crippen LogP contribution in [0.4, 0.5) is 13.2 Å². The van der Waals surface area contributed by atoms with Crippen LogP contribution in [0.1, 0.15) is 34.1 Å². The fraction of sp³-hybridized carbons (Fsp3) is 0.267. The van der Waals surface area contributed by atoms with Gasteiger partial charge in [-0.15, -0.1) is 0 Å². The standard InChI is InChI=1S/C15H16F3N3/c1-9-3-8-13(10(2)20-9)14(21-19)11-4-6-12(7-5-11)15(16,17)18/h3-8,14,21H,19H2,1-2H3. The zero-order valence-electron chi connectivity index (χ0n) is 11.7. The van der Waals surface area contributed by atoms with E-state index in [1.54, 1.807) is 0 Å². The number of nitrogens with two attached hydrogens (primary N) is 1. The number of pyridine rings is 1. The number of alkyl halides is 3. The number of benzene rings is 1. The van der Waals surface area contributed by atoms with Crippen molar-refractivity contribution in [1.82, 2.24) is 10.4 Å². The Bertz CT molecular complexity index is 621. The van der Waals surface area contributed by atoms with E-state index in [0.717, 1.165) is 29.1 Å². The minimum absolute atomic E-state index is 0.402. The summed E-state index contributed by atoms with van der Waals surface area (Å²) < 4.78 is 37.8. The van der Waals surface area contributed by atoms with Gasteiger partial charge in [-0.05, 0) is 43.2 Å². The Morgan fingerprint density at radius 1 is 1.05 bits per heavy atom. The lowest BCUT2D eigenvalue weighted by Gasteiger charge is -2.19. The van der Waals surface area contributed by atoms with Gasteiger partial charge in [0.2, 0.25) is 0 Å². The second-order valence-electron chi connectivity index (χ2n) is 4.85. The van der Waals surface area contributed by atoms with Gasteiger partial charge < -0.3 is 0 Å². The van der Waals surface area contributed by atoms with E-state index in [1.165, 1.54) is 12.1 Å². The van der Waals surface area contributed by atoms with Gasteiger partial charge in [0.05, 0.1) is 11.6 Å². The van der Waals surface area contributed by atoms with Gasteiger partial charge in [-0.25, -0.2) is 5.43 Å². The highest BCUT2D eigenvalue weighted by atomic mass is 19.4. The molecule has 0 fully saturated rings. The molecule has 0 bridgehead atoms. The van der Waals surface area contributed by atoms with Crippen LogP contribution in [0.2, 0.25) is 0 Å². The summed E-state index contributed by atoms with van der Waals surface area (Å²) in [6.45, 7) is 3.72. The maximum Gasteiger partial charge on any atom is 0.416 e. The molecule has 1 heterocycles. The first-order valence-electron chi connectivity index (χ1n) is 6.40. The van der Waals surface area contributed by atoms with Crippen LogP contribution in [-0.4, -0.2) is 4.98 Å². The number of hydrogen-bond donors (Lipinski definition) is 2. The van der Waals surface area contributed by atoms with Crippen molar-refractivity contribution in [3.8, 4) is 0 Å². The molecule has 0 amide bonds. The molecule has 0 aliphatic heterocycles. The van der Waals surface area contributed by atoms with E-state index in [9.17, 15) is 13.2 Å². The van der Waals surface area contributed by atoms with E-state index in [4.69, 9.17) is 5.84 Å². The van der Waals surface area contributed by atoms with Gasteiger partial charge in [0.15, 0.2) is 0 Å². The summed E-state index contributed by atoms with van der Waals surface area (Å²) in [5.41, 5.74) is 5.10. The number of hydrazine groups is 1. The van der Waals surface area contributed by atoms with Gasteiger partial charge in [-0.1, -0.05) is 18.2 Å². The van der Waals surface area contributed by atoms with Crippen molar-refractivity contribution in [1.29, 1.82) is 0 Å². The first-order valence-corrected chi connectivity index (χ1v) is 6.40. The lowest BCUT2D eigenvalue weighted by molar-refractivity contribution is -0.137. The third kappa shape index (κ3) is 3.40. The summed E-state index contributed by atoms with van der Waals surface area (Å²) in [7, 11) is 0. The summed E-state index contributed by atoms with van der Waals surface area (Å²) in [4.78, 5) is 4.35. The summed E-state index contributed by atoms with van der Waals surface area (Å²) in [6.07, 6.45) is -4.34. The summed E-state index contributed by atoms with van der Waals surface area (Å²) in [5.74, 6) is 5.57. The molecule has 0 radical (unpaired) electrons. The van der Waals surface area contributed by atoms with Crippen molar-refractivity contribution in [2.75, 3.05) is 0 Å². The first-order chi connectivity index (χ1) is 9.82. The number of nitrogens with zero attached hydrogens (tertiary/aromatic N) is 1. The Balaban J connectivity index is 2.37. The molecule has 0 saturated carbocycles. The molecule has 3 N–H and O–H groups in total. The van der Waals surface area contributed by atoms with Gasteiger partial charge >= 0.3 is 6.18 Å². The van der Waals surface area contributed by atoms with E-state index >= 15 is 0 Å². The van der Waals surface area contributed by atoms with Gasteiger partial charge in [0.1, 0.15) is 0 Å². The van der Waals surface area contributed by atoms with Crippen molar-refractivity contribution >= 4 is 0 Å². The van der Waals surface area contributed by atoms with E-state index in [2.05, 4.69) is 10.4 Å². The van der Waals surface area contributed by atoms with Crippen LogP contribution in [-0.2, 0) is 6.18 Å². The molecular formula is C15H16F3N3. The number of rotatable bonds is 3. The SMILES string of the molecule is Cc1ccc(C(NN)c2ccc(C(F)(F)F)cc2)c(C)n1. The minimum Gasteiger partial charge on any atom is -0.271 e. The zero-order valence-corrected chi connectivity index (χ0v) is 11.7. The van der Waals surface area contributed by atoms with Gasteiger partial charge in [-0.3, -0.25) is 10.8 Å². The maximum absolute atomic E-state index is 12.6. The third-order valence-electron chi connectivity index (χ3n) is 3.31. The van der Waals surface area contributed by atoms with Gasteiger partial charge in [-0.2, -0.15) is 13.2 Å². The summed E-state index contributed by atoms with van der Waals surface area (Å²) >= 11 is 0. The number of halogens is 3.